The van der Waals surface area contributed by atoms with Crippen molar-refractivity contribution in [1.82, 2.24) is 0 Å². The Bertz CT molecular complexity index is 634. The van der Waals surface area contributed by atoms with Crippen molar-refractivity contribution in [3.05, 3.63) is 24.3 Å². The van der Waals surface area contributed by atoms with Crippen molar-refractivity contribution in [2.75, 3.05) is 6.61 Å². The highest BCUT2D eigenvalue weighted by Crippen LogP contribution is 2.16. The second-order valence-electron chi connectivity index (χ2n) is 14.8. The highest BCUT2D eigenvalue weighted by atomic mass is 16.5. The van der Waals surface area contributed by atoms with Gasteiger partial charge in [-0.3, -0.25) is 4.79 Å². The fourth-order valence-corrected chi connectivity index (χ4v) is 6.35. The Kier molecular flexibility index (Phi) is 39.2. The molecule has 0 fully saturated rings. The van der Waals surface area contributed by atoms with Gasteiger partial charge in [0.05, 0.1) is 6.61 Å². The van der Waals surface area contributed by atoms with Gasteiger partial charge in [0, 0.05) is 6.42 Å². The van der Waals surface area contributed by atoms with Crippen LogP contribution in [0.3, 0.4) is 0 Å². The number of hydrogen-bond donors (Lipinski definition) is 0. The van der Waals surface area contributed by atoms with Crippen LogP contribution in [0.1, 0.15) is 239 Å². The minimum absolute atomic E-state index is 0.0132. The first-order valence-electron chi connectivity index (χ1n) is 21.1. The Labute approximate surface area is 290 Å². The molecule has 0 aliphatic carbocycles. The Morgan fingerprint density at radius 2 is 0.826 bits per heavy atom. The molecule has 0 rings (SSSR count). The van der Waals surface area contributed by atoms with Crippen LogP contribution < -0.4 is 0 Å². The molecule has 0 radical (unpaired) electrons. The van der Waals surface area contributed by atoms with Crippen LogP contribution in [0.4, 0.5) is 0 Å². The van der Waals surface area contributed by atoms with E-state index in [2.05, 4.69) is 45.1 Å². The van der Waals surface area contributed by atoms with Crippen LogP contribution >= 0.6 is 0 Å². The number of allylic oxidation sites excluding steroid dienone is 4. The lowest BCUT2D eigenvalue weighted by Gasteiger charge is -2.06. The van der Waals surface area contributed by atoms with Crippen molar-refractivity contribution in [2.45, 2.75) is 239 Å². The van der Waals surface area contributed by atoms with Crippen molar-refractivity contribution < 1.29 is 9.53 Å². The third kappa shape index (κ3) is 41.0. The van der Waals surface area contributed by atoms with E-state index in [9.17, 15) is 4.79 Å². The lowest BCUT2D eigenvalue weighted by atomic mass is 10.0. The molecule has 2 heteroatoms. The molecule has 0 aromatic carbocycles. The van der Waals surface area contributed by atoms with E-state index >= 15 is 0 Å². The van der Waals surface area contributed by atoms with Gasteiger partial charge in [0.2, 0.25) is 0 Å². The van der Waals surface area contributed by atoms with Crippen LogP contribution in [-0.2, 0) is 9.53 Å². The molecule has 0 aromatic heterocycles. The summed E-state index contributed by atoms with van der Waals surface area (Å²) in [7, 11) is 0. The standard InChI is InChI=1S/C44H84O2/c1-4-5-6-7-8-9-10-11-19-23-26-29-32-35-38-41-44(45)46-42-39-36-33-30-27-24-21-18-16-14-12-13-15-17-20-22-25-28-31-34-37-40-43(2)3/h8-9,11,19,43H,4-7,10,12-18,20-42H2,1-3H3/b9-8-,19-11-. The van der Waals surface area contributed by atoms with E-state index in [4.69, 9.17) is 4.74 Å². The summed E-state index contributed by atoms with van der Waals surface area (Å²) in [6.45, 7) is 7.56. The van der Waals surface area contributed by atoms with Gasteiger partial charge in [-0.1, -0.05) is 212 Å². The second-order valence-corrected chi connectivity index (χ2v) is 14.8. The third-order valence-corrected chi connectivity index (χ3v) is 9.52. The summed E-state index contributed by atoms with van der Waals surface area (Å²) in [5.74, 6) is 0.897. The Morgan fingerprint density at radius 1 is 0.457 bits per heavy atom. The monoisotopic (exact) mass is 645 g/mol. The van der Waals surface area contributed by atoms with Gasteiger partial charge in [-0.05, 0) is 50.9 Å². The maximum atomic E-state index is 12.0. The fourth-order valence-electron chi connectivity index (χ4n) is 6.35. The smallest absolute Gasteiger partial charge is 0.305 e. The van der Waals surface area contributed by atoms with E-state index in [1.54, 1.807) is 0 Å². The Hall–Kier alpha value is -1.05. The van der Waals surface area contributed by atoms with E-state index in [1.165, 1.54) is 186 Å². The molecule has 0 aromatic rings. The summed E-state index contributed by atoms with van der Waals surface area (Å²) >= 11 is 0. The van der Waals surface area contributed by atoms with Crippen LogP contribution in [0.25, 0.3) is 0 Å². The van der Waals surface area contributed by atoms with Crippen molar-refractivity contribution >= 4 is 5.97 Å². The maximum Gasteiger partial charge on any atom is 0.305 e. The van der Waals surface area contributed by atoms with E-state index in [1.807, 2.05) is 0 Å². The molecule has 0 atom stereocenters. The lowest BCUT2D eigenvalue weighted by molar-refractivity contribution is -0.143. The number of unbranched alkanes of at least 4 members (excludes halogenated alkanes) is 28. The van der Waals surface area contributed by atoms with Gasteiger partial charge in [0.25, 0.3) is 0 Å². The summed E-state index contributed by atoms with van der Waals surface area (Å²) in [6.07, 6.45) is 54.1. The number of carbonyl (C=O) groups is 1. The lowest BCUT2D eigenvalue weighted by Crippen LogP contribution is -2.05. The molecule has 0 aliphatic heterocycles. The van der Waals surface area contributed by atoms with Crippen LogP contribution in [-0.4, -0.2) is 12.6 Å². The van der Waals surface area contributed by atoms with Gasteiger partial charge >= 0.3 is 5.97 Å². The molecule has 0 aliphatic rings. The quantitative estimate of drug-likeness (QED) is 0.0380. The molecule has 0 saturated carbocycles. The molecule has 0 saturated heterocycles. The zero-order valence-electron chi connectivity index (χ0n) is 32.0. The molecule has 0 unspecified atom stereocenters. The molecule has 0 heterocycles. The first-order valence-corrected chi connectivity index (χ1v) is 21.1. The van der Waals surface area contributed by atoms with Crippen LogP contribution in [0, 0.1) is 5.92 Å². The molecular weight excluding hydrogens is 560 g/mol. The SMILES string of the molecule is CCCCC/C=C\C/C=C\CCCCCCCC(=O)OCCCCCCCCCCCCCCCCCCCCCCCC(C)C. The topological polar surface area (TPSA) is 26.3 Å². The number of rotatable bonds is 38. The van der Waals surface area contributed by atoms with Crippen molar-refractivity contribution in [2.24, 2.45) is 5.92 Å². The molecule has 46 heavy (non-hydrogen) atoms. The third-order valence-electron chi connectivity index (χ3n) is 9.52. The Balaban J connectivity index is 3.19. The largest absolute Gasteiger partial charge is 0.466 e. The van der Waals surface area contributed by atoms with Gasteiger partial charge in [0.1, 0.15) is 0 Å². The van der Waals surface area contributed by atoms with Crippen molar-refractivity contribution in [3.8, 4) is 0 Å². The average Bonchev–Trinajstić information content (AvgIpc) is 3.04. The molecule has 0 bridgehead atoms. The summed E-state index contributed by atoms with van der Waals surface area (Å²) < 4.78 is 5.46. The average molecular weight is 645 g/mol. The van der Waals surface area contributed by atoms with Gasteiger partial charge in [-0.15, -0.1) is 0 Å². The summed E-state index contributed by atoms with van der Waals surface area (Å²) in [6, 6.07) is 0. The van der Waals surface area contributed by atoms with E-state index in [0.717, 1.165) is 31.6 Å². The van der Waals surface area contributed by atoms with Gasteiger partial charge in [-0.2, -0.15) is 0 Å². The minimum Gasteiger partial charge on any atom is -0.466 e. The molecular formula is C44H84O2. The van der Waals surface area contributed by atoms with Gasteiger partial charge < -0.3 is 4.74 Å². The van der Waals surface area contributed by atoms with Crippen LogP contribution in [0.15, 0.2) is 24.3 Å². The van der Waals surface area contributed by atoms with Crippen molar-refractivity contribution in [1.29, 1.82) is 0 Å². The number of ether oxygens (including phenoxy) is 1. The molecule has 272 valence electrons. The highest BCUT2D eigenvalue weighted by molar-refractivity contribution is 5.69. The minimum atomic E-state index is 0.0132. The zero-order valence-corrected chi connectivity index (χ0v) is 32.0. The first kappa shape index (κ1) is 45.0. The van der Waals surface area contributed by atoms with Crippen LogP contribution in [0.2, 0.25) is 0 Å². The van der Waals surface area contributed by atoms with Gasteiger partial charge in [0.15, 0.2) is 0 Å². The zero-order chi connectivity index (χ0) is 33.4. The predicted molar refractivity (Wildman–Crippen MR) is 207 cm³/mol. The summed E-state index contributed by atoms with van der Waals surface area (Å²) in [5, 5.41) is 0. The van der Waals surface area contributed by atoms with E-state index in [0.29, 0.717) is 13.0 Å². The van der Waals surface area contributed by atoms with Crippen LogP contribution in [0.5, 0.6) is 0 Å². The second kappa shape index (κ2) is 40.1. The first-order chi connectivity index (χ1) is 22.7. The normalized spacial score (nSPS) is 11.9. The number of hydrogen-bond acceptors (Lipinski definition) is 2. The molecule has 2 nitrogen and oxygen atoms in total. The highest BCUT2D eigenvalue weighted by Gasteiger charge is 2.03. The Morgan fingerprint density at radius 3 is 1.26 bits per heavy atom. The number of carbonyl (C=O) groups excluding carboxylic acids is 1. The molecule has 0 spiro atoms. The van der Waals surface area contributed by atoms with E-state index < -0.39 is 0 Å². The fraction of sp³-hybridized carbons (Fsp3) is 0.886. The molecule has 0 N–H and O–H groups in total. The summed E-state index contributed by atoms with van der Waals surface area (Å²) in [5.41, 5.74) is 0. The summed E-state index contributed by atoms with van der Waals surface area (Å²) in [4.78, 5) is 12.0. The number of esters is 1. The predicted octanol–water partition coefficient (Wildman–Crippen LogP) is 15.6. The van der Waals surface area contributed by atoms with E-state index in [-0.39, 0.29) is 5.97 Å². The molecule has 0 amide bonds. The van der Waals surface area contributed by atoms with Crippen molar-refractivity contribution in [3.63, 3.8) is 0 Å². The maximum absolute atomic E-state index is 12.0. The van der Waals surface area contributed by atoms with Gasteiger partial charge in [-0.25, -0.2) is 0 Å².